The lowest BCUT2D eigenvalue weighted by atomic mass is 9.90. The second-order valence-electron chi connectivity index (χ2n) is 5.89. The van der Waals surface area contributed by atoms with E-state index in [0.29, 0.717) is 18.4 Å². The molecule has 108 valence electrons. The minimum absolute atomic E-state index is 0.243. The first-order valence-corrected chi connectivity index (χ1v) is 7.61. The molecule has 1 saturated heterocycles. The summed E-state index contributed by atoms with van der Waals surface area (Å²) in [6.45, 7) is 1.94. The maximum Gasteiger partial charge on any atom is 0.220 e. The van der Waals surface area contributed by atoms with Crippen LogP contribution in [0.1, 0.15) is 38.5 Å². The minimum atomic E-state index is 0.243. The van der Waals surface area contributed by atoms with Crippen LogP contribution in [0.25, 0.3) is 0 Å². The molecular weight excluding hydrogens is 252 g/mol. The maximum atomic E-state index is 11.9. The molecule has 2 aliphatic rings. The smallest absolute Gasteiger partial charge is 0.220 e. The minimum Gasteiger partial charge on any atom is -0.355 e. The number of nitrogens with zero attached hydrogens (tertiary/aromatic N) is 3. The molecule has 5 heteroatoms. The van der Waals surface area contributed by atoms with Gasteiger partial charge in [0.15, 0.2) is 0 Å². The fraction of sp³-hybridized carbons (Fsp3) is 0.667. The van der Waals surface area contributed by atoms with Gasteiger partial charge in [-0.1, -0.05) is 0 Å². The molecule has 1 aromatic heterocycles. The van der Waals surface area contributed by atoms with E-state index >= 15 is 0 Å². The monoisotopic (exact) mass is 274 g/mol. The lowest BCUT2D eigenvalue weighted by Crippen LogP contribution is -2.41. The Hall–Kier alpha value is -1.65. The van der Waals surface area contributed by atoms with E-state index in [0.717, 1.165) is 44.6 Å². The molecule has 2 heterocycles. The quantitative estimate of drug-likeness (QED) is 0.909. The van der Waals surface area contributed by atoms with Crippen molar-refractivity contribution in [3.63, 3.8) is 0 Å². The van der Waals surface area contributed by atoms with E-state index in [9.17, 15) is 4.79 Å². The Labute approximate surface area is 119 Å². The van der Waals surface area contributed by atoms with Crippen LogP contribution in [0, 0.1) is 5.92 Å². The fourth-order valence-electron chi connectivity index (χ4n) is 2.92. The highest BCUT2D eigenvalue weighted by atomic mass is 16.1. The van der Waals surface area contributed by atoms with Crippen LogP contribution < -0.4 is 10.2 Å². The van der Waals surface area contributed by atoms with Crippen molar-refractivity contribution in [3.8, 4) is 0 Å². The zero-order chi connectivity index (χ0) is 13.8. The van der Waals surface area contributed by atoms with E-state index in [2.05, 4.69) is 20.2 Å². The number of hydrogen-bond acceptors (Lipinski definition) is 4. The van der Waals surface area contributed by atoms with E-state index in [-0.39, 0.29) is 5.91 Å². The van der Waals surface area contributed by atoms with Gasteiger partial charge in [-0.2, -0.15) is 0 Å². The number of carbonyl (C=O) groups is 1. The second-order valence-corrected chi connectivity index (χ2v) is 5.89. The van der Waals surface area contributed by atoms with Gasteiger partial charge in [0.2, 0.25) is 5.91 Å². The van der Waals surface area contributed by atoms with E-state index < -0.39 is 0 Å². The molecule has 0 spiro atoms. The number of rotatable bonds is 4. The number of aromatic nitrogens is 2. The number of carbonyl (C=O) groups excluding carboxylic acids is 1. The molecular formula is C15H22N4O. The second kappa shape index (κ2) is 6.20. The van der Waals surface area contributed by atoms with Gasteiger partial charge in [-0.15, -0.1) is 0 Å². The highest BCUT2D eigenvalue weighted by Gasteiger charge is 2.24. The van der Waals surface area contributed by atoms with Crippen molar-refractivity contribution in [1.82, 2.24) is 15.3 Å². The van der Waals surface area contributed by atoms with Crippen LogP contribution in [-0.2, 0) is 4.79 Å². The predicted octanol–water partition coefficient (Wildman–Crippen LogP) is 1.75. The number of nitrogens with one attached hydrogen (secondary N) is 1. The largest absolute Gasteiger partial charge is 0.355 e. The van der Waals surface area contributed by atoms with Crippen LogP contribution in [0.3, 0.4) is 0 Å². The van der Waals surface area contributed by atoms with Crippen LogP contribution in [0.5, 0.6) is 0 Å². The summed E-state index contributed by atoms with van der Waals surface area (Å²) in [5.74, 6) is 1.71. The SMILES string of the molecule is O=C(CC1CCN(c2cnccn2)CC1)NC1CCC1. The first-order valence-electron chi connectivity index (χ1n) is 7.61. The van der Waals surface area contributed by atoms with Crippen molar-refractivity contribution in [1.29, 1.82) is 0 Å². The van der Waals surface area contributed by atoms with Crippen LogP contribution in [0.15, 0.2) is 18.6 Å². The highest BCUT2D eigenvalue weighted by molar-refractivity contribution is 5.76. The molecule has 2 fully saturated rings. The summed E-state index contributed by atoms with van der Waals surface area (Å²) in [4.78, 5) is 22.6. The Balaban J connectivity index is 1.43. The van der Waals surface area contributed by atoms with Crippen molar-refractivity contribution in [2.75, 3.05) is 18.0 Å². The molecule has 1 aromatic rings. The van der Waals surface area contributed by atoms with Crippen molar-refractivity contribution >= 4 is 11.7 Å². The van der Waals surface area contributed by atoms with Gasteiger partial charge in [0, 0.05) is 37.9 Å². The standard InChI is InChI=1S/C15H22N4O/c20-15(18-13-2-1-3-13)10-12-4-8-19(9-5-12)14-11-16-6-7-17-14/h6-7,11-13H,1-5,8-10H2,(H,18,20). The fourth-order valence-corrected chi connectivity index (χ4v) is 2.92. The molecule has 1 amide bonds. The summed E-state index contributed by atoms with van der Waals surface area (Å²) >= 11 is 0. The normalized spacial score (nSPS) is 20.5. The van der Waals surface area contributed by atoms with E-state index in [1.807, 2.05) is 6.20 Å². The molecule has 0 unspecified atom stereocenters. The average Bonchev–Trinajstić information content (AvgIpc) is 2.45. The number of anilines is 1. The Morgan fingerprint density at radius 1 is 1.25 bits per heavy atom. The lowest BCUT2D eigenvalue weighted by Gasteiger charge is -2.33. The van der Waals surface area contributed by atoms with Gasteiger partial charge in [-0.3, -0.25) is 9.78 Å². The van der Waals surface area contributed by atoms with Gasteiger partial charge in [0.25, 0.3) is 0 Å². The Kier molecular flexibility index (Phi) is 4.14. The summed E-state index contributed by atoms with van der Waals surface area (Å²) in [7, 11) is 0. The molecule has 3 rings (SSSR count). The van der Waals surface area contributed by atoms with E-state index in [1.54, 1.807) is 12.4 Å². The van der Waals surface area contributed by atoms with Crippen LogP contribution in [0.2, 0.25) is 0 Å². The van der Waals surface area contributed by atoms with Crippen LogP contribution in [0.4, 0.5) is 5.82 Å². The summed E-state index contributed by atoms with van der Waals surface area (Å²) in [6.07, 6.45) is 11.6. The molecule has 1 aliphatic heterocycles. The van der Waals surface area contributed by atoms with E-state index in [1.165, 1.54) is 6.42 Å². The molecule has 0 atom stereocenters. The molecule has 1 aliphatic carbocycles. The van der Waals surface area contributed by atoms with Gasteiger partial charge < -0.3 is 10.2 Å². The van der Waals surface area contributed by atoms with Crippen molar-refractivity contribution < 1.29 is 4.79 Å². The van der Waals surface area contributed by atoms with Crippen LogP contribution >= 0.6 is 0 Å². The Morgan fingerprint density at radius 3 is 2.65 bits per heavy atom. The summed E-state index contributed by atoms with van der Waals surface area (Å²) in [5.41, 5.74) is 0. The maximum absolute atomic E-state index is 11.9. The number of piperidine rings is 1. The van der Waals surface area contributed by atoms with Crippen molar-refractivity contribution in [2.45, 2.75) is 44.6 Å². The molecule has 5 nitrogen and oxygen atoms in total. The Morgan fingerprint density at radius 2 is 2.05 bits per heavy atom. The molecule has 0 aromatic carbocycles. The summed E-state index contributed by atoms with van der Waals surface area (Å²) in [5, 5.41) is 3.13. The zero-order valence-corrected chi connectivity index (χ0v) is 11.8. The van der Waals surface area contributed by atoms with Crippen molar-refractivity contribution in [2.24, 2.45) is 5.92 Å². The third kappa shape index (κ3) is 3.26. The topological polar surface area (TPSA) is 58.1 Å². The molecule has 0 bridgehead atoms. The zero-order valence-electron chi connectivity index (χ0n) is 11.8. The predicted molar refractivity (Wildman–Crippen MR) is 77.4 cm³/mol. The third-order valence-electron chi connectivity index (χ3n) is 4.43. The number of hydrogen-bond donors (Lipinski definition) is 1. The lowest BCUT2D eigenvalue weighted by molar-refractivity contribution is -0.123. The van der Waals surface area contributed by atoms with Crippen LogP contribution in [-0.4, -0.2) is 35.0 Å². The third-order valence-corrected chi connectivity index (χ3v) is 4.43. The van der Waals surface area contributed by atoms with Gasteiger partial charge in [0.05, 0.1) is 6.20 Å². The average molecular weight is 274 g/mol. The van der Waals surface area contributed by atoms with Gasteiger partial charge in [-0.25, -0.2) is 4.98 Å². The molecule has 1 saturated carbocycles. The summed E-state index contributed by atoms with van der Waals surface area (Å²) in [6, 6.07) is 0.460. The highest BCUT2D eigenvalue weighted by Crippen LogP contribution is 2.24. The first-order chi connectivity index (χ1) is 9.81. The van der Waals surface area contributed by atoms with Gasteiger partial charge in [-0.05, 0) is 38.0 Å². The van der Waals surface area contributed by atoms with E-state index in [4.69, 9.17) is 0 Å². The summed E-state index contributed by atoms with van der Waals surface area (Å²) < 4.78 is 0. The van der Waals surface area contributed by atoms with Gasteiger partial charge in [0.1, 0.15) is 5.82 Å². The van der Waals surface area contributed by atoms with Crippen molar-refractivity contribution in [3.05, 3.63) is 18.6 Å². The molecule has 1 N–H and O–H groups in total. The van der Waals surface area contributed by atoms with Gasteiger partial charge >= 0.3 is 0 Å². The number of amides is 1. The molecule has 20 heavy (non-hydrogen) atoms. The Bertz CT molecular complexity index is 438. The molecule has 0 radical (unpaired) electrons. The first kappa shape index (κ1) is 13.3.